The highest BCUT2D eigenvalue weighted by Crippen LogP contribution is 2.30. The van der Waals surface area contributed by atoms with Crippen molar-refractivity contribution in [3.8, 4) is 0 Å². The molecule has 1 aromatic heterocycles. The molecule has 6 nitrogen and oxygen atoms in total. The molecule has 0 spiro atoms. The summed E-state index contributed by atoms with van der Waals surface area (Å²) in [4.78, 5) is 10.6. The monoisotopic (exact) mass is 347 g/mol. The van der Waals surface area contributed by atoms with Crippen LogP contribution in [0, 0.1) is 6.92 Å². The molecule has 0 fully saturated rings. The Morgan fingerprint density at radius 2 is 2.00 bits per heavy atom. The molecule has 1 heterocycles. The van der Waals surface area contributed by atoms with Gasteiger partial charge in [-0.25, -0.2) is 13.2 Å². The third-order valence-corrected chi connectivity index (χ3v) is 5.91. The Kier molecular flexibility index (Phi) is 5.36. The molecule has 0 aliphatic carbocycles. The number of aromatic carboxylic acids is 1. The minimum Gasteiger partial charge on any atom is -0.477 e. The van der Waals surface area contributed by atoms with E-state index in [9.17, 15) is 26.4 Å². The predicted octanol–water partition coefficient (Wildman–Crippen LogP) is 1.30. The van der Waals surface area contributed by atoms with E-state index in [0.29, 0.717) is 11.3 Å². The maximum absolute atomic E-state index is 12.4. The van der Waals surface area contributed by atoms with E-state index in [0.717, 1.165) is 6.07 Å². The first-order chi connectivity index (χ1) is 9.49. The van der Waals surface area contributed by atoms with Crippen molar-refractivity contribution in [2.75, 3.05) is 19.7 Å². The van der Waals surface area contributed by atoms with E-state index in [4.69, 9.17) is 10.2 Å². The lowest BCUT2D eigenvalue weighted by atomic mass is 10.3. The zero-order chi connectivity index (χ0) is 16.4. The number of nitrogens with zero attached hydrogens (tertiary/aromatic N) is 1. The van der Waals surface area contributed by atoms with Crippen molar-refractivity contribution in [2.24, 2.45) is 0 Å². The van der Waals surface area contributed by atoms with Crippen molar-refractivity contribution in [2.45, 2.75) is 17.3 Å². The molecule has 0 saturated heterocycles. The lowest BCUT2D eigenvalue weighted by Crippen LogP contribution is -2.40. The molecule has 0 amide bonds. The second-order valence-electron chi connectivity index (χ2n) is 4.06. The lowest BCUT2D eigenvalue weighted by molar-refractivity contribution is -0.136. The van der Waals surface area contributed by atoms with Crippen molar-refractivity contribution >= 4 is 27.3 Å². The van der Waals surface area contributed by atoms with Gasteiger partial charge in [0.2, 0.25) is 0 Å². The Morgan fingerprint density at radius 3 is 2.38 bits per heavy atom. The molecule has 0 atom stereocenters. The number of aryl methyl sites for hydroxylation is 1. The van der Waals surface area contributed by atoms with Crippen LogP contribution in [0.25, 0.3) is 0 Å². The number of halogens is 3. The number of sulfonamides is 1. The van der Waals surface area contributed by atoms with Gasteiger partial charge in [-0.05, 0) is 18.6 Å². The molecule has 11 heteroatoms. The molecule has 21 heavy (non-hydrogen) atoms. The summed E-state index contributed by atoms with van der Waals surface area (Å²) < 4.78 is 61.0. The molecule has 0 bridgehead atoms. The van der Waals surface area contributed by atoms with Crippen molar-refractivity contribution in [1.82, 2.24) is 4.31 Å². The minimum absolute atomic E-state index is 0.0733. The number of aliphatic hydroxyl groups is 1. The molecule has 1 rings (SSSR count). The SMILES string of the molecule is Cc1cc(S(=O)(=O)N(CCO)CC(F)(F)F)sc1C(=O)O. The molecular weight excluding hydrogens is 335 g/mol. The van der Waals surface area contributed by atoms with Gasteiger partial charge in [0.25, 0.3) is 10.0 Å². The fourth-order valence-corrected chi connectivity index (χ4v) is 4.47. The smallest absolute Gasteiger partial charge is 0.402 e. The zero-order valence-corrected chi connectivity index (χ0v) is 12.3. The molecule has 1 aromatic rings. The molecule has 120 valence electrons. The number of thiophene rings is 1. The van der Waals surface area contributed by atoms with Gasteiger partial charge in [-0.1, -0.05) is 0 Å². The first-order valence-corrected chi connectivity index (χ1v) is 7.76. The highest BCUT2D eigenvalue weighted by atomic mass is 32.2. The summed E-state index contributed by atoms with van der Waals surface area (Å²) in [6.07, 6.45) is -4.77. The van der Waals surface area contributed by atoms with Gasteiger partial charge in [-0.2, -0.15) is 17.5 Å². The van der Waals surface area contributed by atoms with Gasteiger partial charge < -0.3 is 10.2 Å². The standard InChI is InChI=1S/C10H12F3NO5S2/c1-6-4-7(20-8(6)9(16)17)21(18,19)14(2-3-15)5-10(11,12)13/h4,15H,2-3,5H2,1H3,(H,16,17). The second-order valence-corrected chi connectivity index (χ2v) is 7.28. The van der Waals surface area contributed by atoms with Gasteiger partial charge in [0.1, 0.15) is 15.6 Å². The third-order valence-electron chi connectivity index (χ3n) is 2.39. The van der Waals surface area contributed by atoms with Gasteiger partial charge in [-0.15, -0.1) is 11.3 Å². The average Bonchev–Trinajstić information content (AvgIpc) is 2.69. The van der Waals surface area contributed by atoms with E-state index in [1.165, 1.54) is 6.92 Å². The summed E-state index contributed by atoms with van der Waals surface area (Å²) >= 11 is 0.377. The Hall–Kier alpha value is -1.17. The summed E-state index contributed by atoms with van der Waals surface area (Å²) in [7, 11) is -4.52. The molecule has 0 saturated carbocycles. The number of aliphatic hydroxyl groups excluding tert-OH is 1. The van der Waals surface area contributed by atoms with Gasteiger partial charge in [-0.3, -0.25) is 0 Å². The summed E-state index contributed by atoms with van der Waals surface area (Å²) in [5.41, 5.74) is 0.141. The molecular formula is C10H12F3NO5S2. The number of carboxylic acids is 1. The van der Waals surface area contributed by atoms with Gasteiger partial charge in [0, 0.05) is 6.54 Å². The Labute approximate surface area is 122 Å². The van der Waals surface area contributed by atoms with E-state index in [2.05, 4.69) is 0 Å². The number of hydrogen-bond donors (Lipinski definition) is 2. The van der Waals surface area contributed by atoms with Crippen LogP contribution in [0.1, 0.15) is 15.2 Å². The van der Waals surface area contributed by atoms with E-state index in [1.54, 1.807) is 0 Å². The summed E-state index contributed by atoms with van der Waals surface area (Å²) in [6, 6.07) is 1.00. The van der Waals surface area contributed by atoms with Crippen molar-refractivity contribution in [3.63, 3.8) is 0 Å². The van der Waals surface area contributed by atoms with E-state index < -0.39 is 46.1 Å². The van der Waals surface area contributed by atoms with E-state index in [1.807, 2.05) is 0 Å². The molecule has 0 radical (unpaired) electrons. The molecule has 2 N–H and O–H groups in total. The maximum Gasteiger partial charge on any atom is 0.402 e. The van der Waals surface area contributed by atoms with Crippen LogP contribution in [0.15, 0.2) is 10.3 Å². The molecule has 0 aliphatic rings. The van der Waals surface area contributed by atoms with Crippen LogP contribution in [-0.2, 0) is 10.0 Å². The van der Waals surface area contributed by atoms with E-state index in [-0.39, 0.29) is 14.7 Å². The largest absolute Gasteiger partial charge is 0.477 e. The number of rotatable bonds is 6. The molecule has 0 aromatic carbocycles. The lowest BCUT2D eigenvalue weighted by Gasteiger charge is -2.21. The number of hydrogen-bond acceptors (Lipinski definition) is 5. The maximum atomic E-state index is 12.4. The summed E-state index contributed by atoms with van der Waals surface area (Å²) in [5.74, 6) is -1.36. The summed E-state index contributed by atoms with van der Waals surface area (Å²) in [5, 5.41) is 17.6. The zero-order valence-electron chi connectivity index (χ0n) is 10.7. The van der Waals surface area contributed by atoms with Crippen LogP contribution in [0.3, 0.4) is 0 Å². The average molecular weight is 347 g/mol. The van der Waals surface area contributed by atoms with Crippen molar-refractivity contribution in [3.05, 3.63) is 16.5 Å². The van der Waals surface area contributed by atoms with Crippen LogP contribution in [-0.4, -0.2) is 54.8 Å². The topological polar surface area (TPSA) is 94.9 Å². The highest BCUT2D eigenvalue weighted by molar-refractivity contribution is 7.91. The van der Waals surface area contributed by atoms with E-state index >= 15 is 0 Å². The Morgan fingerprint density at radius 1 is 1.43 bits per heavy atom. The molecule has 0 aliphatic heterocycles. The third kappa shape index (κ3) is 4.40. The first-order valence-electron chi connectivity index (χ1n) is 5.50. The van der Waals surface area contributed by atoms with Gasteiger partial charge in [0.15, 0.2) is 0 Å². The highest BCUT2D eigenvalue weighted by Gasteiger charge is 2.37. The van der Waals surface area contributed by atoms with Crippen LogP contribution in [0.2, 0.25) is 0 Å². The number of carbonyl (C=O) groups is 1. The van der Waals surface area contributed by atoms with Crippen LogP contribution >= 0.6 is 11.3 Å². The fourth-order valence-electron chi connectivity index (χ4n) is 1.52. The normalized spacial score (nSPS) is 12.9. The van der Waals surface area contributed by atoms with Crippen molar-refractivity contribution in [1.29, 1.82) is 0 Å². The van der Waals surface area contributed by atoms with Crippen LogP contribution in [0.4, 0.5) is 13.2 Å². The van der Waals surface area contributed by atoms with Crippen LogP contribution < -0.4 is 0 Å². The Bertz CT molecular complexity index is 623. The summed E-state index contributed by atoms with van der Waals surface area (Å²) in [6.45, 7) is -1.93. The quantitative estimate of drug-likeness (QED) is 0.809. The van der Waals surface area contributed by atoms with Gasteiger partial charge in [0.05, 0.1) is 6.61 Å². The molecule has 0 unspecified atom stereocenters. The fraction of sp³-hybridized carbons (Fsp3) is 0.500. The second kappa shape index (κ2) is 6.30. The Balaban J connectivity index is 3.23. The number of carboxylic acid groups (broad SMARTS) is 1. The minimum atomic E-state index is -4.77. The predicted molar refractivity (Wildman–Crippen MR) is 67.9 cm³/mol. The number of alkyl halides is 3. The van der Waals surface area contributed by atoms with Crippen molar-refractivity contribution < 1.29 is 36.6 Å². The van der Waals surface area contributed by atoms with Crippen LogP contribution in [0.5, 0.6) is 0 Å². The first kappa shape index (κ1) is 17.9. The van der Waals surface area contributed by atoms with Gasteiger partial charge >= 0.3 is 12.1 Å².